The standard InChI is InChI=1S/C11H24.C7H15NO.2H2O.2H2/c1-3-5-7-9-11-10-8-6-4-2;1-5-3-7(8)6(2)9-4-5;;;;/h3-11H2,1-2H3;5-7H,3-4,8H2,1-2H3;2*1H2;2*1H/t;5-,6-,7?;;;;/m.0..../s1. The van der Waals surface area contributed by atoms with E-state index in [1.807, 2.05) is 6.92 Å². The van der Waals surface area contributed by atoms with E-state index < -0.39 is 0 Å². The predicted molar refractivity (Wildman–Crippen MR) is 102 cm³/mol. The van der Waals surface area contributed by atoms with Crippen molar-refractivity contribution in [1.29, 1.82) is 0 Å². The fraction of sp³-hybridized carbons (Fsp3) is 1.00. The molecule has 0 amide bonds. The van der Waals surface area contributed by atoms with Crippen LogP contribution >= 0.6 is 0 Å². The molecule has 0 aliphatic carbocycles. The maximum atomic E-state index is 5.74. The lowest BCUT2D eigenvalue weighted by Gasteiger charge is -2.29. The molecule has 0 radical (unpaired) electrons. The van der Waals surface area contributed by atoms with Crippen LogP contribution in [0.2, 0.25) is 0 Å². The number of hydrogen-bond donors (Lipinski definition) is 1. The molecule has 1 heterocycles. The van der Waals surface area contributed by atoms with Gasteiger partial charge in [-0.1, -0.05) is 78.6 Å². The smallest absolute Gasteiger partial charge is 0.0698 e. The topological polar surface area (TPSA) is 98.2 Å². The van der Waals surface area contributed by atoms with E-state index in [9.17, 15) is 0 Å². The van der Waals surface area contributed by atoms with E-state index in [1.165, 1.54) is 57.8 Å². The molecule has 1 rings (SSSR count). The first-order valence-electron chi connectivity index (χ1n) is 8.98. The molecule has 0 aromatic carbocycles. The van der Waals surface area contributed by atoms with Gasteiger partial charge in [0, 0.05) is 15.5 Å². The Bertz CT molecular complexity index is 205. The summed E-state index contributed by atoms with van der Waals surface area (Å²) in [6, 6.07) is 0.258. The maximum Gasteiger partial charge on any atom is 0.0698 e. The van der Waals surface area contributed by atoms with Crippen LogP contribution in [-0.2, 0) is 4.74 Å². The quantitative estimate of drug-likeness (QED) is 0.678. The van der Waals surface area contributed by atoms with Crippen LogP contribution in [0.15, 0.2) is 0 Å². The lowest BCUT2D eigenvalue weighted by atomic mass is 9.97. The van der Waals surface area contributed by atoms with Gasteiger partial charge in [-0.05, 0) is 19.3 Å². The molecule has 0 saturated carbocycles. The van der Waals surface area contributed by atoms with E-state index in [0.29, 0.717) is 5.92 Å². The van der Waals surface area contributed by atoms with Crippen LogP contribution in [-0.4, -0.2) is 29.7 Å². The van der Waals surface area contributed by atoms with Gasteiger partial charge in [0.2, 0.25) is 0 Å². The highest BCUT2D eigenvalue weighted by Gasteiger charge is 2.22. The van der Waals surface area contributed by atoms with Crippen molar-refractivity contribution >= 4 is 0 Å². The van der Waals surface area contributed by atoms with Crippen LogP contribution in [0.1, 0.15) is 94.8 Å². The highest BCUT2D eigenvalue weighted by atomic mass is 16.5. The Labute approximate surface area is 141 Å². The van der Waals surface area contributed by atoms with E-state index >= 15 is 0 Å². The fourth-order valence-corrected chi connectivity index (χ4v) is 2.55. The van der Waals surface area contributed by atoms with Gasteiger partial charge in [0.15, 0.2) is 0 Å². The van der Waals surface area contributed by atoms with Crippen molar-refractivity contribution in [3.63, 3.8) is 0 Å². The molecule has 1 unspecified atom stereocenters. The molecule has 4 nitrogen and oxygen atoms in total. The molecule has 1 aliphatic heterocycles. The maximum absolute atomic E-state index is 5.74. The summed E-state index contributed by atoms with van der Waals surface area (Å²) < 4.78 is 5.38. The lowest BCUT2D eigenvalue weighted by molar-refractivity contribution is -0.0138. The van der Waals surface area contributed by atoms with Crippen molar-refractivity contribution < 1.29 is 18.5 Å². The first kappa shape index (κ1) is 26.7. The van der Waals surface area contributed by atoms with Crippen LogP contribution in [0.4, 0.5) is 0 Å². The van der Waals surface area contributed by atoms with Crippen LogP contribution < -0.4 is 5.73 Å². The molecule has 0 bridgehead atoms. The van der Waals surface area contributed by atoms with Crippen LogP contribution in [0, 0.1) is 5.92 Å². The number of hydrogen-bond acceptors (Lipinski definition) is 2. The van der Waals surface area contributed by atoms with Gasteiger partial charge in [-0.2, -0.15) is 0 Å². The number of nitrogens with two attached hydrogens (primary N) is 1. The summed E-state index contributed by atoms with van der Waals surface area (Å²) in [6.07, 6.45) is 14.3. The second-order valence-corrected chi connectivity index (χ2v) is 6.52. The van der Waals surface area contributed by atoms with E-state index in [2.05, 4.69) is 20.8 Å². The molecule has 1 aliphatic rings. The van der Waals surface area contributed by atoms with E-state index in [4.69, 9.17) is 10.5 Å². The van der Waals surface area contributed by atoms with Gasteiger partial charge in [-0.15, -0.1) is 0 Å². The zero-order valence-electron chi connectivity index (χ0n) is 15.5. The Hall–Kier alpha value is -0.160. The van der Waals surface area contributed by atoms with Gasteiger partial charge in [-0.25, -0.2) is 0 Å². The first-order chi connectivity index (χ1) is 9.61. The Morgan fingerprint density at radius 3 is 1.59 bits per heavy atom. The first-order valence-corrected chi connectivity index (χ1v) is 8.98. The second kappa shape index (κ2) is 18.9. The molecule has 0 spiro atoms. The number of rotatable bonds is 8. The van der Waals surface area contributed by atoms with Crippen molar-refractivity contribution in [3.05, 3.63) is 0 Å². The largest absolute Gasteiger partial charge is 0.412 e. The minimum Gasteiger partial charge on any atom is -0.412 e. The zero-order chi connectivity index (χ0) is 15.2. The van der Waals surface area contributed by atoms with Gasteiger partial charge in [0.05, 0.1) is 6.10 Å². The zero-order valence-corrected chi connectivity index (χ0v) is 15.5. The van der Waals surface area contributed by atoms with Gasteiger partial charge in [-0.3, -0.25) is 0 Å². The summed E-state index contributed by atoms with van der Waals surface area (Å²) in [6.45, 7) is 9.64. The fourth-order valence-electron chi connectivity index (χ4n) is 2.55. The molecule has 4 heteroatoms. The highest BCUT2D eigenvalue weighted by molar-refractivity contribution is 4.76. The third-order valence-corrected chi connectivity index (χ3v) is 4.13. The van der Waals surface area contributed by atoms with Gasteiger partial charge < -0.3 is 21.4 Å². The van der Waals surface area contributed by atoms with Crippen LogP contribution in [0.3, 0.4) is 0 Å². The minimum absolute atomic E-state index is 0. The van der Waals surface area contributed by atoms with Gasteiger partial charge >= 0.3 is 0 Å². The Kier molecular flexibility index (Phi) is 22.9. The van der Waals surface area contributed by atoms with Crippen molar-refractivity contribution in [2.24, 2.45) is 11.7 Å². The third kappa shape index (κ3) is 16.2. The molecular weight excluding hydrogens is 278 g/mol. The monoisotopic (exact) mass is 325 g/mol. The van der Waals surface area contributed by atoms with Crippen molar-refractivity contribution in [1.82, 2.24) is 0 Å². The summed E-state index contributed by atoms with van der Waals surface area (Å²) in [5.74, 6) is 0.649. The molecule has 1 saturated heterocycles. The Balaban J connectivity index is -0.0000000867. The summed E-state index contributed by atoms with van der Waals surface area (Å²) in [5.41, 5.74) is 5.74. The summed E-state index contributed by atoms with van der Waals surface area (Å²) >= 11 is 0. The SMILES string of the molecule is CCCCCCCCCCC.C[C@@H]1CO[C@@H](C)C(N)C1.O.O.[HH].[HH]. The number of ether oxygens (including phenoxy) is 1. The van der Waals surface area contributed by atoms with Crippen LogP contribution in [0.25, 0.3) is 0 Å². The lowest BCUT2D eigenvalue weighted by Crippen LogP contribution is -2.41. The van der Waals surface area contributed by atoms with Gasteiger partial charge in [0.1, 0.15) is 0 Å². The minimum atomic E-state index is 0. The van der Waals surface area contributed by atoms with Crippen LogP contribution in [0.5, 0.6) is 0 Å². The Morgan fingerprint density at radius 1 is 0.864 bits per heavy atom. The predicted octanol–water partition coefficient (Wildman–Crippen LogP) is 4.14. The van der Waals surface area contributed by atoms with E-state index in [-0.39, 0.29) is 26.0 Å². The average molecular weight is 326 g/mol. The summed E-state index contributed by atoms with van der Waals surface area (Å²) in [7, 11) is 0. The third-order valence-electron chi connectivity index (χ3n) is 4.13. The molecule has 1 fully saturated rings. The molecule has 22 heavy (non-hydrogen) atoms. The number of unbranched alkanes of at least 4 members (excludes halogenated alkanes) is 8. The van der Waals surface area contributed by atoms with Crippen molar-refractivity contribution in [3.8, 4) is 0 Å². The molecule has 0 aromatic heterocycles. The highest BCUT2D eigenvalue weighted by Crippen LogP contribution is 2.16. The molecule has 6 N–H and O–H groups in total. The molecule has 3 atom stereocenters. The van der Waals surface area contributed by atoms with E-state index in [0.717, 1.165) is 13.0 Å². The summed E-state index contributed by atoms with van der Waals surface area (Å²) in [4.78, 5) is 0. The van der Waals surface area contributed by atoms with E-state index in [1.54, 1.807) is 0 Å². The van der Waals surface area contributed by atoms with Gasteiger partial charge in [0.25, 0.3) is 0 Å². The van der Waals surface area contributed by atoms with Crippen molar-refractivity contribution in [2.75, 3.05) is 6.61 Å². The Morgan fingerprint density at radius 2 is 1.27 bits per heavy atom. The summed E-state index contributed by atoms with van der Waals surface area (Å²) in [5, 5.41) is 0. The van der Waals surface area contributed by atoms with Crippen molar-refractivity contribution in [2.45, 2.75) is 104 Å². The second-order valence-electron chi connectivity index (χ2n) is 6.52. The molecule has 0 aromatic rings. The normalized spacial score (nSPS) is 23.6. The average Bonchev–Trinajstić information content (AvgIpc) is 2.43. The molecule has 142 valence electrons. The molecular formula is C18H47NO3.